The summed E-state index contributed by atoms with van der Waals surface area (Å²) in [6.45, 7) is 6.59. The van der Waals surface area contributed by atoms with Gasteiger partial charge >= 0.3 is 17.9 Å². The van der Waals surface area contributed by atoms with Gasteiger partial charge in [0.15, 0.2) is 6.10 Å². The van der Waals surface area contributed by atoms with E-state index < -0.39 is 6.10 Å². The van der Waals surface area contributed by atoms with E-state index in [4.69, 9.17) is 14.2 Å². The molecule has 0 spiro atoms. The van der Waals surface area contributed by atoms with Gasteiger partial charge in [-0.05, 0) is 96.3 Å². The van der Waals surface area contributed by atoms with E-state index in [1.807, 2.05) is 0 Å². The largest absolute Gasteiger partial charge is 0.462 e. The number of hydrogen-bond acceptors (Lipinski definition) is 6. The van der Waals surface area contributed by atoms with Crippen molar-refractivity contribution in [2.24, 2.45) is 0 Å². The monoisotopic (exact) mass is 939 g/mol. The van der Waals surface area contributed by atoms with Crippen molar-refractivity contribution in [2.45, 2.75) is 309 Å². The lowest BCUT2D eigenvalue weighted by Gasteiger charge is -2.18. The summed E-state index contributed by atoms with van der Waals surface area (Å²) in [6, 6.07) is 0. The molecule has 0 rings (SSSR count). The van der Waals surface area contributed by atoms with Crippen LogP contribution in [0.5, 0.6) is 0 Å². The van der Waals surface area contributed by atoms with Crippen LogP contribution in [0.2, 0.25) is 0 Å². The Morgan fingerprint density at radius 3 is 0.910 bits per heavy atom. The fraction of sp³-hybridized carbons (Fsp3) is 0.820. The molecule has 6 nitrogen and oxygen atoms in total. The van der Waals surface area contributed by atoms with E-state index >= 15 is 0 Å². The topological polar surface area (TPSA) is 78.9 Å². The van der Waals surface area contributed by atoms with Crippen molar-refractivity contribution in [3.05, 3.63) is 48.6 Å². The molecule has 0 aromatic rings. The van der Waals surface area contributed by atoms with Gasteiger partial charge in [0.1, 0.15) is 13.2 Å². The summed E-state index contributed by atoms with van der Waals surface area (Å²) in [5, 5.41) is 0. The van der Waals surface area contributed by atoms with Gasteiger partial charge in [-0.15, -0.1) is 0 Å². The van der Waals surface area contributed by atoms with Crippen LogP contribution in [0.1, 0.15) is 303 Å². The predicted molar refractivity (Wildman–Crippen MR) is 289 cm³/mol. The van der Waals surface area contributed by atoms with E-state index in [2.05, 4.69) is 69.4 Å². The number of carbonyl (C=O) groups excluding carboxylic acids is 3. The minimum Gasteiger partial charge on any atom is -0.462 e. The molecular weight excluding hydrogens is 829 g/mol. The van der Waals surface area contributed by atoms with Gasteiger partial charge in [0.25, 0.3) is 0 Å². The second kappa shape index (κ2) is 56.0. The lowest BCUT2D eigenvalue weighted by Crippen LogP contribution is -2.30. The van der Waals surface area contributed by atoms with E-state index in [9.17, 15) is 14.4 Å². The highest BCUT2D eigenvalue weighted by Crippen LogP contribution is 2.16. The van der Waals surface area contributed by atoms with Gasteiger partial charge in [-0.2, -0.15) is 0 Å². The molecule has 0 amide bonds. The molecule has 1 atom stereocenters. The summed E-state index contributed by atoms with van der Waals surface area (Å²) in [7, 11) is 0. The van der Waals surface area contributed by atoms with Crippen molar-refractivity contribution in [3.63, 3.8) is 0 Å². The van der Waals surface area contributed by atoms with Crippen LogP contribution in [0, 0.1) is 0 Å². The predicted octanol–water partition coefficient (Wildman–Crippen LogP) is 19.4. The molecule has 0 unspecified atom stereocenters. The molecule has 0 saturated carbocycles. The van der Waals surface area contributed by atoms with Gasteiger partial charge < -0.3 is 14.2 Å². The van der Waals surface area contributed by atoms with Crippen molar-refractivity contribution in [3.8, 4) is 0 Å². The van der Waals surface area contributed by atoms with Crippen LogP contribution in [0.25, 0.3) is 0 Å². The Bertz CT molecular complexity index is 1170. The van der Waals surface area contributed by atoms with Gasteiger partial charge in [-0.25, -0.2) is 0 Å². The van der Waals surface area contributed by atoms with Crippen LogP contribution < -0.4 is 0 Å². The molecule has 0 aliphatic rings. The second-order valence-electron chi connectivity index (χ2n) is 19.5. The van der Waals surface area contributed by atoms with E-state index in [-0.39, 0.29) is 31.1 Å². The maximum absolute atomic E-state index is 12.8. The highest BCUT2D eigenvalue weighted by Gasteiger charge is 2.19. The Balaban J connectivity index is 4.30. The minimum atomic E-state index is -0.779. The van der Waals surface area contributed by atoms with Crippen molar-refractivity contribution in [2.75, 3.05) is 13.2 Å². The third kappa shape index (κ3) is 54.2. The number of carbonyl (C=O) groups is 3. The fourth-order valence-corrected chi connectivity index (χ4v) is 8.33. The molecule has 0 aliphatic heterocycles. The molecule has 67 heavy (non-hydrogen) atoms. The second-order valence-corrected chi connectivity index (χ2v) is 19.5. The van der Waals surface area contributed by atoms with Crippen molar-refractivity contribution < 1.29 is 28.6 Å². The van der Waals surface area contributed by atoms with Crippen molar-refractivity contribution in [1.29, 1.82) is 0 Å². The van der Waals surface area contributed by atoms with Gasteiger partial charge in [-0.1, -0.05) is 236 Å². The van der Waals surface area contributed by atoms with Gasteiger partial charge in [0, 0.05) is 19.3 Å². The number of allylic oxidation sites excluding steroid dienone is 8. The summed E-state index contributed by atoms with van der Waals surface area (Å²) in [5.41, 5.74) is 0. The third-order valence-electron chi connectivity index (χ3n) is 12.8. The van der Waals surface area contributed by atoms with Gasteiger partial charge in [0.05, 0.1) is 0 Å². The fourth-order valence-electron chi connectivity index (χ4n) is 8.33. The van der Waals surface area contributed by atoms with Crippen molar-refractivity contribution >= 4 is 17.9 Å². The van der Waals surface area contributed by atoms with Gasteiger partial charge in [0.2, 0.25) is 0 Å². The molecule has 390 valence electrons. The third-order valence-corrected chi connectivity index (χ3v) is 12.8. The first-order valence-corrected chi connectivity index (χ1v) is 29.1. The maximum atomic E-state index is 12.8. The SMILES string of the molecule is CCCC/C=C\CCCCCCCC(=O)OC[C@@H](COC(=O)CCCCCCCCCCCCC/C=C\CCCCCCCC)OC(=O)CCCCCCCCC/C=C\C/C=C\CCCCC. The highest BCUT2D eigenvalue weighted by atomic mass is 16.6. The molecule has 6 heteroatoms. The van der Waals surface area contributed by atoms with Crippen molar-refractivity contribution in [1.82, 2.24) is 0 Å². The summed E-state index contributed by atoms with van der Waals surface area (Å²) >= 11 is 0. The standard InChI is InChI=1S/C61H110O6/c1-4-7-10-13-16-19-22-24-26-28-29-30-31-33-34-36-39-42-45-48-51-54-60(63)66-57-58(56-65-59(62)53-50-47-44-41-38-21-18-15-12-9-6-3)67-61(64)55-52-49-46-43-40-37-35-32-27-25-23-20-17-14-11-8-5-2/h15,17-18,20,24-27,58H,4-14,16,19,21-23,28-57H2,1-3H3/b18-15-,20-17-,26-24-,27-25-/t58-/m0/s1. The average Bonchev–Trinajstić information content (AvgIpc) is 3.33. The van der Waals surface area contributed by atoms with Crippen LogP contribution in [0.4, 0.5) is 0 Å². The van der Waals surface area contributed by atoms with Crippen LogP contribution >= 0.6 is 0 Å². The summed E-state index contributed by atoms with van der Waals surface area (Å²) in [4.78, 5) is 38.1. The lowest BCUT2D eigenvalue weighted by molar-refractivity contribution is -0.167. The maximum Gasteiger partial charge on any atom is 0.306 e. The van der Waals surface area contributed by atoms with Crippen LogP contribution in [0.15, 0.2) is 48.6 Å². The first-order valence-electron chi connectivity index (χ1n) is 29.1. The first-order chi connectivity index (χ1) is 33.0. The molecule has 0 radical (unpaired) electrons. The molecule has 0 bridgehead atoms. The quantitative estimate of drug-likeness (QED) is 0.0262. The normalized spacial score (nSPS) is 12.3. The number of ether oxygens (including phenoxy) is 3. The Kier molecular flexibility index (Phi) is 53.8. The Labute approximate surface area is 416 Å². The highest BCUT2D eigenvalue weighted by molar-refractivity contribution is 5.71. The summed E-state index contributed by atoms with van der Waals surface area (Å²) < 4.78 is 16.8. The molecular formula is C61H110O6. The Morgan fingerprint density at radius 2 is 0.552 bits per heavy atom. The first kappa shape index (κ1) is 64.4. The van der Waals surface area contributed by atoms with Crippen LogP contribution in [-0.2, 0) is 28.6 Å². The molecule has 0 aromatic carbocycles. The molecule has 0 fully saturated rings. The van der Waals surface area contributed by atoms with Crippen LogP contribution in [-0.4, -0.2) is 37.2 Å². The zero-order valence-corrected chi connectivity index (χ0v) is 44.7. The molecule has 0 aliphatic carbocycles. The smallest absolute Gasteiger partial charge is 0.306 e. The molecule has 0 saturated heterocycles. The lowest BCUT2D eigenvalue weighted by atomic mass is 10.0. The van der Waals surface area contributed by atoms with E-state index in [1.165, 1.54) is 186 Å². The number of hydrogen-bond donors (Lipinski definition) is 0. The zero-order valence-electron chi connectivity index (χ0n) is 44.7. The molecule has 0 heterocycles. The van der Waals surface area contributed by atoms with Crippen LogP contribution in [0.3, 0.4) is 0 Å². The average molecular weight is 940 g/mol. The number of esters is 3. The van der Waals surface area contributed by atoms with E-state index in [0.29, 0.717) is 19.3 Å². The molecule has 0 aromatic heterocycles. The zero-order chi connectivity index (χ0) is 48.6. The summed E-state index contributed by atoms with van der Waals surface area (Å²) in [6.07, 6.45) is 68.2. The van der Waals surface area contributed by atoms with Gasteiger partial charge in [-0.3, -0.25) is 14.4 Å². The summed E-state index contributed by atoms with van der Waals surface area (Å²) in [5.74, 6) is -0.884. The number of rotatable bonds is 53. The Hall–Kier alpha value is -2.63. The van der Waals surface area contributed by atoms with E-state index in [1.54, 1.807) is 0 Å². The minimum absolute atomic E-state index is 0.0777. The molecule has 0 N–H and O–H groups in total. The number of unbranched alkanes of at least 4 members (excludes halogenated alkanes) is 34. The Morgan fingerprint density at radius 1 is 0.299 bits per heavy atom. The van der Waals surface area contributed by atoms with E-state index in [0.717, 1.165) is 77.0 Å².